The van der Waals surface area contributed by atoms with Crippen LogP contribution in [0.15, 0.2) is 24.3 Å². The van der Waals surface area contributed by atoms with Crippen molar-refractivity contribution in [1.82, 2.24) is 4.90 Å². The zero-order chi connectivity index (χ0) is 15.2. The molecule has 0 bridgehead atoms. The van der Waals surface area contributed by atoms with Crippen LogP contribution in [-0.2, 0) is 4.79 Å². The van der Waals surface area contributed by atoms with Crippen LogP contribution in [0.2, 0.25) is 0 Å². The van der Waals surface area contributed by atoms with Crippen LogP contribution in [0.4, 0.5) is 5.69 Å². The molecule has 1 aromatic rings. The molecule has 0 unspecified atom stereocenters. The average molecular weight is 290 g/mol. The summed E-state index contributed by atoms with van der Waals surface area (Å²) in [5.41, 5.74) is 1.03. The van der Waals surface area contributed by atoms with E-state index in [1.807, 2.05) is 43.3 Å². The summed E-state index contributed by atoms with van der Waals surface area (Å²) in [5, 5.41) is 3.05. The number of hydrogen-bond acceptors (Lipinski definition) is 3. The predicted octanol–water partition coefficient (Wildman–Crippen LogP) is 3.14. The second-order valence-corrected chi connectivity index (χ2v) is 5.98. The van der Waals surface area contributed by atoms with Gasteiger partial charge >= 0.3 is 0 Å². The van der Waals surface area contributed by atoms with E-state index in [9.17, 15) is 4.79 Å². The molecule has 0 radical (unpaired) electrons. The predicted molar refractivity (Wildman–Crippen MR) is 85.7 cm³/mol. The van der Waals surface area contributed by atoms with Crippen molar-refractivity contribution >= 4 is 11.6 Å². The molecule has 0 aromatic heterocycles. The van der Waals surface area contributed by atoms with Crippen LogP contribution >= 0.6 is 0 Å². The zero-order valence-electron chi connectivity index (χ0n) is 13.3. The van der Waals surface area contributed by atoms with E-state index in [1.165, 1.54) is 12.8 Å². The van der Waals surface area contributed by atoms with Crippen LogP contribution in [0.3, 0.4) is 0 Å². The van der Waals surface area contributed by atoms with Crippen LogP contribution in [0, 0.1) is 5.92 Å². The van der Waals surface area contributed by atoms with Gasteiger partial charge in [-0.3, -0.25) is 4.79 Å². The average Bonchev–Trinajstić information content (AvgIpc) is 2.53. The fraction of sp³-hybridized carbons (Fsp3) is 0.588. The number of anilines is 1. The van der Waals surface area contributed by atoms with Crippen molar-refractivity contribution < 1.29 is 9.53 Å². The maximum Gasteiger partial charge on any atom is 0.260 e. The first-order chi connectivity index (χ1) is 10.1. The van der Waals surface area contributed by atoms with Crippen molar-refractivity contribution in [3.05, 3.63) is 24.3 Å². The van der Waals surface area contributed by atoms with Crippen LogP contribution in [0.5, 0.6) is 5.75 Å². The molecule has 2 rings (SSSR count). The van der Waals surface area contributed by atoms with E-state index in [4.69, 9.17) is 4.74 Å². The minimum atomic E-state index is 0.0623. The van der Waals surface area contributed by atoms with Crippen LogP contribution in [0.25, 0.3) is 0 Å². The maximum absolute atomic E-state index is 12.2. The molecule has 0 heterocycles. The molecule has 1 amide bonds. The Morgan fingerprint density at radius 3 is 2.43 bits per heavy atom. The molecular weight excluding hydrogens is 264 g/mol. The molecule has 1 N–H and O–H groups in total. The summed E-state index contributed by atoms with van der Waals surface area (Å²) in [6.45, 7) is 2.40. The Morgan fingerprint density at radius 2 is 1.86 bits per heavy atom. The quantitative estimate of drug-likeness (QED) is 0.906. The van der Waals surface area contributed by atoms with Gasteiger partial charge in [-0.15, -0.1) is 0 Å². The molecule has 0 saturated heterocycles. The Labute approximate surface area is 127 Å². The van der Waals surface area contributed by atoms with E-state index < -0.39 is 0 Å². The van der Waals surface area contributed by atoms with Crippen molar-refractivity contribution in [2.75, 3.05) is 26.0 Å². The van der Waals surface area contributed by atoms with Crippen molar-refractivity contribution in [2.24, 2.45) is 5.92 Å². The van der Waals surface area contributed by atoms with Gasteiger partial charge in [0.05, 0.1) is 0 Å². The second kappa shape index (κ2) is 7.34. The van der Waals surface area contributed by atoms with Gasteiger partial charge in [-0.1, -0.05) is 6.92 Å². The minimum Gasteiger partial charge on any atom is -0.484 e. The first-order valence-corrected chi connectivity index (χ1v) is 7.76. The van der Waals surface area contributed by atoms with Gasteiger partial charge in [-0.25, -0.2) is 0 Å². The molecule has 1 aromatic carbocycles. The lowest BCUT2D eigenvalue weighted by molar-refractivity contribution is -0.134. The summed E-state index contributed by atoms with van der Waals surface area (Å²) in [5.74, 6) is 1.59. The van der Waals surface area contributed by atoms with Crippen LogP contribution in [0.1, 0.15) is 32.6 Å². The number of rotatable bonds is 5. The summed E-state index contributed by atoms with van der Waals surface area (Å²) < 4.78 is 5.58. The number of carbonyl (C=O) groups is 1. The van der Waals surface area contributed by atoms with E-state index in [2.05, 4.69) is 12.2 Å². The topological polar surface area (TPSA) is 41.6 Å². The van der Waals surface area contributed by atoms with Gasteiger partial charge in [-0.05, 0) is 55.9 Å². The van der Waals surface area contributed by atoms with Gasteiger partial charge in [0.1, 0.15) is 5.75 Å². The fourth-order valence-corrected chi connectivity index (χ4v) is 2.80. The van der Waals surface area contributed by atoms with Gasteiger partial charge in [0, 0.05) is 25.8 Å². The number of nitrogens with one attached hydrogen (secondary N) is 1. The SMILES string of the molecule is CNc1ccc(OCC(=O)N(C)C2CCC(C)CC2)cc1. The molecule has 4 nitrogen and oxygen atoms in total. The van der Waals surface area contributed by atoms with Crippen LogP contribution in [-0.4, -0.2) is 37.6 Å². The van der Waals surface area contributed by atoms with Gasteiger partial charge in [0.15, 0.2) is 6.61 Å². The maximum atomic E-state index is 12.2. The third-order valence-electron chi connectivity index (χ3n) is 4.43. The second-order valence-electron chi connectivity index (χ2n) is 5.98. The van der Waals surface area contributed by atoms with Crippen LogP contribution < -0.4 is 10.1 Å². The Balaban J connectivity index is 1.80. The lowest BCUT2D eigenvalue weighted by Gasteiger charge is -2.33. The normalized spacial score (nSPS) is 21.7. The summed E-state index contributed by atoms with van der Waals surface area (Å²) >= 11 is 0. The highest BCUT2D eigenvalue weighted by Crippen LogP contribution is 2.26. The van der Waals surface area contributed by atoms with E-state index >= 15 is 0 Å². The van der Waals surface area contributed by atoms with Gasteiger partial charge in [0.25, 0.3) is 5.91 Å². The number of amides is 1. The molecule has 0 atom stereocenters. The van der Waals surface area contributed by atoms with E-state index in [0.29, 0.717) is 6.04 Å². The standard InChI is InChI=1S/C17H26N2O2/c1-13-4-8-15(9-5-13)19(3)17(20)12-21-16-10-6-14(18-2)7-11-16/h6-7,10-11,13,15,18H,4-5,8-9,12H2,1-3H3. The highest BCUT2D eigenvalue weighted by molar-refractivity contribution is 5.77. The molecule has 1 saturated carbocycles. The molecule has 21 heavy (non-hydrogen) atoms. The summed E-state index contributed by atoms with van der Waals surface area (Å²) in [6, 6.07) is 8.00. The molecule has 116 valence electrons. The van der Waals surface area contributed by atoms with Crippen molar-refractivity contribution in [1.29, 1.82) is 0 Å². The highest BCUT2D eigenvalue weighted by atomic mass is 16.5. The van der Waals surface area contributed by atoms with E-state index in [0.717, 1.165) is 30.2 Å². The summed E-state index contributed by atoms with van der Waals surface area (Å²) in [7, 11) is 3.77. The number of nitrogens with zero attached hydrogens (tertiary/aromatic N) is 1. The summed E-state index contributed by atoms with van der Waals surface area (Å²) in [4.78, 5) is 14.1. The zero-order valence-corrected chi connectivity index (χ0v) is 13.3. The van der Waals surface area contributed by atoms with E-state index in [-0.39, 0.29) is 12.5 Å². The third-order valence-corrected chi connectivity index (χ3v) is 4.43. The molecule has 1 aliphatic rings. The minimum absolute atomic E-state index is 0.0623. The first-order valence-electron chi connectivity index (χ1n) is 7.76. The highest BCUT2D eigenvalue weighted by Gasteiger charge is 2.24. The number of likely N-dealkylation sites (N-methyl/N-ethyl adjacent to an activating group) is 1. The first kappa shape index (κ1) is 15.7. The fourth-order valence-electron chi connectivity index (χ4n) is 2.80. The molecular formula is C17H26N2O2. The molecule has 1 aliphatic carbocycles. The Kier molecular flexibility index (Phi) is 5.48. The Bertz CT molecular complexity index is 450. The smallest absolute Gasteiger partial charge is 0.260 e. The van der Waals surface area contributed by atoms with Gasteiger partial charge in [-0.2, -0.15) is 0 Å². The Hall–Kier alpha value is -1.71. The lowest BCUT2D eigenvalue weighted by atomic mass is 9.87. The number of carbonyl (C=O) groups excluding carboxylic acids is 1. The third kappa shape index (κ3) is 4.38. The van der Waals surface area contributed by atoms with E-state index in [1.54, 1.807) is 0 Å². The van der Waals surface area contributed by atoms with Crippen molar-refractivity contribution in [3.63, 3.8) is 0 Å². The monoisotopic (exact) mass is 290 g/mol. The number of hydrogen-bond donors (Lipinski definition) is 1. The molecule has 4 heteroatoms. The molecule has 0 aliphatic heterocycles. The van der Waals surface area contributed by atoms with Gasteiger partial charge in [0.2, 0.25) is 0 Å². The largest absolute Gasteiger partial charge is 0.484 e. The van der Waals surface area contributed by atoms with Crippen molar-refractivity contribution in [3.8, 4) is 5.75 Å². The number of ether oxygens (including phenoxy) is 1. The summed E-state index contributed by atoms with van der Waals surface area (Å²) in [6.07, 6.45) is 4.66. The molecule has 1 fully saturated rings. The lowest BCUT2D eigenvalue weighted by Crippen LogP contribution is -2.41. The Morgan fingerprint density at radius 1 is 1.24 bits per heavy atom. The van der Waals surface area contributed by atoms with Crippen molar-refractivity contribution in [2.45, 2.75) is 38.6 Å². The number of benzene rings is 1. The van der Waals surface area contributed by atoms with Gasteiger partial charge < -0.3 is 15.0 Å². The molecule has 0 spiro atoms.